The molecule has 1 aliphatic rings. The van der Waals surface area contributed by atoms with Crippen molar-refractivity contribution < 1.29 is 23.3 Å². The van der Waals surface area contributed by atoms with Gasteiger partial charge >= 0.3 is 0 Å². The van der Waals surface area contributed by atoms with Crippen molar-refractivity contribution >= 4 is 16.2 Å². The highest BCUT2D eigenvalue weighted by atomic mass is 31.2. The van der Waals surface area contributed by atoms with Crippen molar-refractivity contribution in [2.45, 2.75) is 89.6 Å². The molecular weight excluding hydrogens is 364 g/mol. The van der Waals surface area contributed by atoms with Gasteiger partial charge in [-0.25, -0.2) is 0 Å². The zero-order chi connectivity index (χ0) is 20.6. The van der Waals surface area contributed by atoms with E-state index in [0.717, 1.165) is 12.0 Å². The van der Waals surface area contributed by atoms with Gasteiger partial charge in [-0.3, -0.25) is 0 Å². The average molecular weight is 397 g/mol. The fraction of sp³-hybridized carbons (Fsp3) is 0.842. The fourth-order valence-corrected chi connectivity index (χ4v) is 4.23. The van der Waals surface area contributed by atoms with Crippen molar-refractivity contribution in [3.8, 4) is 6.07 Å². The molecule has 0 saturated carbocycles. The molecule has 8 unspecified atom stereocenters. The van der Waals surface area contributed by atoms with Crippen LogP contribution in [-0.2, 0) is 23.3 Å². The molecule has 0 bridgehead atoms. The second kappa shape index (κ2) is 12.2. The molecule has 0 spiro atoms. The Hall–Kier alpha value is -0.475. The van der Waals surface area contributed by atoms with Gasteiger partial charge in [0.1, 0.15) is 20.1 Å². The summed E-state index contributed by atoms with van der Waals surface area (Å²) >= 11 is 0. The van der Waals surface area contributed by atoms with Crippen molar-refractivity contribution in [3.05, 3.63) is 12.2 Å². The molecular formula is C19H33BNO5P. The van der Waals surface area contributed by atoms with Crippen LogP contribution in [0.15, 0.2) is 12.2 Å². The van der Waals surface area contributed by atoms with Crippen molar-refractivity contribution in [1.29, 1.82) is 5.26 Å². The Morgan fingerprint density at radius 2 is 1.96 bits per heavy atom. The standard InChI is InChI=1S/C19H33BNO5P/c1-8-16-17(18(19(20)25-16)24-14(5)13(4)22-7)26-27(15(6)12(2)3)23-11-9-10-21/h13-19H,2,8-9,11H2,1,3-7H3. The van der Waals surface area contributed by atoms with Crippen LogP contribution >= 0.6 is 8.38 Å². The first-order valence-corrected chi connectivity index (χ1v) is 10.7. The first kappa shape index (κ1) is 24.6. The van der Waals surface area contributed by atoms with Crippen LogP contribution in [0.3, 0.4) is 0 Å². The van der Waals surface area contributed by atoms with Gasteiger partial charge in [-0.2, -0.15) is 5.26 Å². The molecule has 1 saturated heterocycles. The van der Waals surface area contributed by atoms with E-state index in [9.17, 15) is 0 Å². The minimum atomic E-state index is -1.30. The lowest BCUT2D eigenvalue weighted by molar-refractivity contribution is -0.100. The molecule has 6 nitrogen and oxygen atoms in total. The second-order valence-corrected chi connectivity index (χ2v) is 8.73. The molecule has 0 amide bonds. The molecule has 8 heteroatoms. The highest BCUT2D eigenvalue weighted by Gasteiger charge is 2.46. The number of nitriles is 1. The summed E-state index contributed by atoms with van der Waals surface area (Å²) in [6, 6.07) is 1.51. The number of ether oxygens (including phenoxy) is 3. The Morgan fingerprint density at radius 3 is 2.48 bits per heavy atom. The lowest BCUT2D eigenvalue weighted by atomic mass is 9.92. The summed E-state index contributed by atoms with van der Waals surface area (Å²) in [5, 5.41) is 8.79. The Morgan fingerprint density at radius 1 is 1.30 bits per heavy atom. The van der Waals surface area contributed by atoms with Crippen LogP contribution in [0, 0.1) is 11.3 Å². The van der Waals surface area contributed by atoms with Crippen LogP contribution in [0.2, 0.25) is 0 Å². The number of allylic oxidation sites excluding steroid dienone is 1. The molecule has 2 radical (unpaired) electrons. The van der Waals surface area contributed by atoms with Crippen LogP contribution in [-0.4, -0.2) is 63.7 Å². The summed E-state index contributed by atoms with van der Waals surface area (Å²) in [6.07, 6.45) is -0.157. The Balaban J connectivity index is 2.94. The van der Waals surface area contributed by atoms with Gasteiger partial charge in [0, 0.05) is 18.8 Å². The van der Waals surface area contributed by atoms with Crippen LogP contribution < -0.4 is 0 Å². The number of rotatable bonds is 12. The maximum atomic E-state index is 8.79. The van der Waals surface area contributed by atoms with Gasteiger partial charge in [0.05, 0.1) is 37.4 Å². The van der Waals surface area contributed by atoms with Gasteiger partial charge in [-0.1, -0.05) is 26.0 Å². The van der Waals surface area contributed by atoms with Gasteiger partial charge in [0.25, 0.3) is 0 Å². The minimum Gasteiger partial charge on any atom is -0.379 e. The monoisotopic (exact) mass is 397 g/mol. The van der Waals surface area contributed by atoms with E-state index in [4.69, 9.17) is 36.4 Å². The van der Waals surface area contributed by atoms with E-state index in [1.165, 1.54) is 0 Å². The second-order valence-electron chi connectivity index (χ2n) is 6.91. The molecule has 0 aromatic rings. The Labute approximate surface area is 166 Å². The quantitative estimate of drug-likeness (QED) is 0.217. The van der Waals surface area contributed by atoms with Crippen molar-refractivity contribution in [2.24, 2.45) is 0 Å². The summed E-state index contributed by atoms with van der Waals surface area (Å²) in [5.74, 6) is 0. The molecule has 152 valence electrons. The summed E-state index contributed by atoms with van der Waals surface area (Å²) in [7, 11) is 6.54. The number of methoxy groups -OCH3 is 1. The third kappa shape index (κ3) is 7.13. The molecule has 0 aromatic carbocycles. The van der Waals surface area contributed by atoms with Crippen LogP contribution in [0.25, 0.3) is 0 Å². The van der Waals surface area contributed by atoms with E-state index in [0.29, 0.717) is 13.0 Å². The average Bonchev–Trinajstić information content (AvgIpc) is 2.94. The first-order chi connectivity index (χ1) is 12.8. The zero-order valence-corrected chi connectivity index (χ0v) is 18.3. The molecule has 1 heterocycles. The smallest absolute Gasteiger partial charge is 0.178 e. The van der Waals surface area contributed by atoms with E-state index in [2.05, 4.69) is 12.6 Å². The molecule has 1 rings (SSSR count). The topological polar surface area (TPSA) is 69.9 Å². The van der Waals surface area contributed by atoms with E-state index in [1.807, 2.05) is 34.6 Å². The molecule has 27 heavy (non-hydrogen) atoms. The van der Waals surface area contributed by atoms with Crippen LogP contribution in [0.4, 0.5) is 0 Å². The highest BCUT2D eigenvalue weighted by Crippen LogP contribution is 2.50. The van der Waals surface area contributed by atoms with Crippen LogP contribution in [0.1, 0.15) is 47.5 Å². The number of hydrogen-bond acceptors (Lipinski definition) is 6. The van der Waals surface area contributed by atoms with Gasteiger partial charge in [-0.05, 0) is 27.2 Å². The predicted octanol–water partition coefficient (Wildman–Crippen LogP) is 3.69. The summed E-state index contributed by atoms with van der Waals surface area (Å²) < 4.78 is 29.7. The van der Waals surface area contributed by atoms with Crippen LogP contribution in [0.5, 0.6) is 0 Å². The van der Waals surface area contributed by atoms with Crippen molar-refractivity contribution in [1.82, 2.24) is 0 Å². The molecule has 8 atom stereocenters. The molecule has 0 N–H and O–H groups in total. The van der Waals surface area contributed by atoms with Gasteiger partial charge < -0.3 is 23.3 Å². The van der Waals surface area contributed by atoms with Gasteiger partial charge in [0.15, 0.2) is 8.38 Å². The normalized spacial score (nSPS) is 29.7. The van der Waals surface area contributed by atoms with E-state index < -0.39 is 20.5 Å². The minimum absolute atomic E-state index is 0.0176. The van der Waals surface area contributed by atoms with E-state index in [-0.39, 0.29) is 30.1 Å². The van der Waals surface area contributed by atoms with Gasteiger partial charge in [0.2, 0.25) is 0 Å². The maximum Gasteiger partial charge on any atom is 0.178 e. The molecule has 1 fully saturated rings. The third-order valence-electron chi connectivity index (χ3n) is 4.84. The summed E-state index contributed by atoms with van der Waals surface area (Å²) in [4.78, 5) is 0. The largest absolute Gasteiger partial charge is 0.379 e. The lowest BCUT2D eigenvalue weighted by Crippen LogP contribution is -2.42. The molecule has 1 aliphatic heterocycles. The van der Waals surface area contributed by atoms with E-state index >= 15 is 0 Å². The Kier molecular flexibility index (Phi) is 11.1. The summed E-state index contributed by atoms with van der Waals surface area (Å²) in [6.45, 7) is 14.2. The summed E-state index contributed by atoms with van der Waals surface area (Å²) in [5.41, 5.74) is 0.983. The highest BCUT2D eigenvalue weighted by molar-refractivity contribution is 7.48. The third-order valence-corrected chi connectivity index (χ3v) is 6.80. The SMILES string of the molecule is [B]C1OC(CC)C(OP(OCCC#N)C(C)C(=C)C)C1OC(C)C(C)OC. The number of nitrogens with zero attached hydrogens (tertiary/aromatic N) is 1. The zero-order valence-electron chi connectivity index (χ0n) is 17.4. The van der Waals surface area contributed by atoms with Crippen molar-refractivity contribution in [2.75, 3.05) is 13.7 Å². The fourth-order valence-electron chi connectivity index (χ4n) is 2.63. The first-order valence-electron chi connectivity index (χ1n) is 9.47. The van der Waals surface area contributed by atoms with Crippen molar-refractivity contribution in [3.63, 3.8) is 0 Å². The van der Waals surface area contributed by atoms with E-state index in [1.54, 1.807) is 7.11 Å². The van der Waals surface area contributed by atoms with Gasteiger partial charge in [-0.15, -0.1) is 0 Å². The maximum absolute atomic E-state index is 8.79. The number of hydrogen-bond donors (Lipinski definition) is 0. The Bertz CT molecular complexity index is 503. The molecule has 0 aliphatic carbocycles. The predicted molar refractivity (Wildman–Crippen MR) is 108 cm³/mol. The molecule has 0 aromatic heterocycles. The lowest BCUT2D eigenvalue weighted by Gasteiger charge is -2.33.